The van der Waals surface area contributed by atoms with Crippen LogP contribution in [0.25, 0.3) is 5.52 Å². The number of carbonyl (C=O) groups is 2. The lowest BCUT2D eigenvalue weighted by Crippen LogP contribution is -2.54. The summed E-state index contributed by atoms with van der Waals surface area (Å²) in [5.41, 5.74) is 1.99. The fourth-order valence-electron chi connectivity index (χ4n) is 4.79. The number of fused-ring (bicyclic) bond motifs is 1. The Hall–Kier alpha value is -4.06. The molecule has 0 saturated carbocycles. The standard InChI is InChI=1S/C29H37N6O9P/c1-17(2)26(36)42-24-22(43-29(15-30,28(24,6)38)23-13-12-21-25(31)32-16-33-35(21)23)14-40-45(39,44-20-10-8-7-9-11-20)34-19(5)27(37)41-18(3)4/h7-13,16-19,22,24,38H,14H2,1-6H3,(H,34,39)(H2,31,32,33)/t19-,22-,24-,28-,29+,45-/m1/s1. The fraction of sp³-hybridized carbons (Fsp3) is 0.483. The van der Waals surface area contributed by atoms with Crippen LogP contribution in [0, 0.1) is 17.2 Å². The van der Waals surface area contributed by atoms with Crippen LogP contribution in [0.5, 0.6) is 5.75 Å². The molecule has 15 nitrogen and oxygen atoms in total. The zero-order chi connectivity index (χ0) is 33.2. The predicted octanol–water partition coefficient (Wildman–Crippen LogP) is 2.88. The molecule has 0 aliphatic carbocycles. The third kappa shape index (κ3) is 6.80. The Morgan fingerprint density at radius 1 is 1.18 bits per heavy atom. The first-order chi connectivity index (χ1) is 21.1. The van der Waals surface area contributed by atoms with Crippen LogP contribution in [-0.2, 0) is 38.5 Å². The Bertz CT molecular complexity index is 1620. The van der Waals surface area contributed by atoms with Crippen LogP contribution in [0.15, 0.2) is 48.8 Å². The molecule has 6 atom stereocenters. The number of nitrogen functional groups attached to an aromatic ring is 1. The van der Waals surface area contributed by atoms with Crippen LogP contribution in [0.1, 0.15) is 47.2 Å². The van der Waals surface area contributed by atoms with Gasteiger partial charge in [0.05, 0.1) is 24.3 Å². The van der Waals surface area contributed by atoms with Gasteiger partial charge < -0.3 is 29.6 Å². The highest BCUT2D eigenvalue weighted by atomic mass is 31.2. The van der Waals surface area contributed by atoms with E-state index < -0.39 is 67.8 Å². The Balaban J connectivity index is 1.72. The second kappa shape index (κ2) is 13.1. The summed E-state index contributed by atoms with van der Waals surface area (Å²) in [5, 5.41) is 29.3. The number of rotatable bonds is 12. The monoisotopic (exact) mass is 644 g/mol. The van der Waals surface area contributed by atoms with Gasteiger partial charge in [0, 0.05) is 0 Å². The number of nitrogens with zero attached hydrogens (tertiary/aromatic N) is 4. The number of benzene rings is 1. The average Bonchev–Trinajstić information content (AvgIpc) is 3.50. The Morgan fingerprint density at radius 2 is 1.87 bits per heavy atom. The molecule has 1 aliphatic heterocycles. The van der Waals surface area contributed by atoms with Crippen molar-refractivity contribution in [1.29, 1.82) is 5.26 Å². The number of hydrogen-bond donors (Lipinski definition) is 3. The van der Waals surface area contributed by atoms with Gasteiger partial charge in [-0.05, 0) is 52.0 Å². The molecule has 4 N–H and O–H groups in total. The number of nitrogens with two attached hydrogens (primary N) is 1. The molecule has 0 unspecified atom stereocenters. The van der Waals surface area contributed by atoms with E-state index in [1.807, 2.05) is 6.07 Å². The first kappa shape index (κ1) is 33.8. The van der Waals surface area contributed by atoms with Crippen LogP contribution >= 0.6 is 7.75 Å². The van der Waals surface area contributed by atoms with Gasteiger partial charge in [-0.15, -0.1) is 0 Å². The maximum atomic E-state index is 14.1. The van der Waals surface area contributed by atoms with Gasteiger partial charge in [0.1, 0.15) is 41.4 Å². The largest absolute Gasteiger partial charge is 0.462 e. The minimum atomic E-state index is -4.40. The van der Waals surface area contributed by atoms with E-state index in [2.05, 4.69) is 15.2 Å². The van der Waals surface area contributed by atoms with Crippen LogP contribution in [-0.4, -0.2) is 68.2 Å². The molecule has 0 radical (unpaired) electrons. The molecule has 4 rings (SSSR count). The Labute approximate surface area is 260 Å². The molecule has 0 amide bonds. The van der Waals surface area contributed by atoms with E-state index in [1.165, 1.54) is 42.9 Å². The molecule has 16 heteroatoms. The van der Waals surface area contributed by atoms with Crippen molar-refractivity contribution < 1.29 is 42.5 Å². The molecule has 0 bridgehead atoms. The number of aromatic nitrogens is 3. The second-order valence-electron chi connectivity index (χ2n) is 11.3. The zero-order valence-electron chi connectivity index (χ0n) is 25.7. The lowest BCUT2D eigenvalue weighted by atomic mass is 9.80. The third-order valence-electron chi connectivity index (χ3n) is 7.08. The SMILES string of the molecule is CC(C)OC(=O)[C@@H](C)N[P@@](=O)(OC[C@H]1O[C@@](C#N)(c2ccc3c(N)ncnn23)[C@](C)(O)[C@@H]1OC(=O)C(C)C)Oc1ccccc1. The smallest absolute Gasteiger partial charge is 0.459 e. The average molecular weight is 645 g/mol. The molecule has 3 aromatic rings. The van der Waals surface area contributed by atoms with E-state index in [4.69, 9.17) is 29.0 Å². The maximum absolute atomic E-state index is 14.1. The summed E-state index contributed by atoms with van der Waals surface area (Å²) >= 11 is 0. The minimum Gasteiger partial charge on any atom is -0.462 e. The minimum absolute atomic E-state index is 0.0686. The highest BCUT2D eigenvalue weighted by Gasteiger charge is 2.67. The lowest BCUT2D eigenvalue weighted by molar-refractivity contribution is -0.168. The molecule has 242 valence electrons. The van der Waals surface area contributed by atoms with Crippen LogP contribution < -0.4 is 15.3 Å². The number of esters is 2. The van der Waals surface area contributed by atoms with E-state index in [1.54, 1.807) is 52.0 Å². The molecule has 2 aromatic heterocycles. The van der Waals surface area contributed by atoms with Crippen molar-refractivity contribution >= 4 is 31.0 Å². The molecule has 1 fully saturated rings. The highest BCUT2D eigenvalue weighted by molar-refractivity contribution is 7.52. The summed E-state index contributed by atoms with van der Waals surface area (Å²) in [6.45, 7) is 8.60. The third-order valence-corrected chi connectivity index (χ3v) is 8.73. The van der Waals surface area contributed by atoms with E-state index >= 15 is 0 Å². The Kier molecular flexibility index (Phi) is 9.86. The zero-order valence-corrected chi connectivity index (χ0v) is 26.6. The van der Waals surface area contributed by atoms with Crippen LogP contribution in [0.2, 0.25) is 0 Å². The van der Waals surface area contributed by atoms with Crippen molar-refractivity contribution in [2.24, 2.45) is 5.92 Å². The number of nitrogens with one attached hydrogen (secondary N) is 1. The van der Waals surface area contributed by atoms with E-state index in [0.717, 1.165) is 0 Å². The molecule has 1 aliphatic rings. The lowest BCUT2D eigenvalue weighted by Gasteiger charge is -2.34. The topological polar surface area (TPSA) is 210 Å². The summed E-state index contributed by atoms with van der Waals surface area (Å²) in [4.78, 5) is 29.3. The number of anilines is 1. The number of para-hydroxylation sites is 1. The number of hydrogen-bond acceptors (Lipinski definition) is 13. The maximum Gasteiger partial charge on any atom is 0.459 e. The molecule has 1 aromatic carbocycles. The van der Waals surface area contributed by atoms with Gasteiger partial charge in [-0.2, -0.15) is 15.4 Å². The van der Waals surface area contributed by atoms with Crippen molar-refractivity contribution in [1.82, 2.24) is 19.7 Å². The van der Waals surface area contributed by atoms with Crippen molar-refractivity contribution in [2.45, 2.75) is 77.1 Å². The summed E-state index contributed by atoms with van der Waals surface area (Å²) in [7, 11) is -4.40. The molecule has 3 heterocycles. The van der Waals surface area contributed by atoms with Crippen LogP contribution in [0.4, 0.5) is 5.82 Å². The van der Waals surface area contributed by atoms with Gasteiger partial charge in [0.2, 0.25) is 5.60 Å². The molecule has 0 spiro atoms. The van der Waals surface area contributed by atoms with Crippen molar-refractivity contribution in [3.63, 3.8) is 0 Å². The van der Waals surface area contributed by atoms with Gasteiger partial charge in [0.15, 0.2) is 11.9 Å². The highest BCUT2D eigenvalue weighted by Crippen LogP contribution is 2.51. The summed E-state index contributed by atoms with van der Waals surface area (Å²) in [5.74, 6) is -1.74. The number of carbonyl (C=O) groups excluding carboxylic acids is 2. The summed E-state index contributed by atoms with van der Waals surface area (Å²) in [6, 6.07) is 12.0. The van der Waals surface area contributed by atoms with Crippen LogP contribution in [0.3, 0.4) is 0 Å². The Morgan fingerprint density at radius 3 is 2.49 bits per heavy atom. The normalized spacial score (nSPS) is 25.1. The van der Waals surface area contributed by atoms with Gasteiger partial charge >= 0.3 is 19.7 Å². The quantitative estimate of drug-likeness (QED) is 0.191. The van der Waals surface area contributed by atoms with E-state index in [-0.39, 0.29) is 17.3 Å². The van der Waals surface area contributed by atoms with Gasteiger partial charge in [0.25, 0.3) is 0 Å². The molecule has 45 heavy (non-hydrogen) atoms. The number of ether oxygens (including phenoxy) is 3. The first-order valence-electron chi connectivity index (χ1n) is 14.2. The van der Waals surface area contributed by atoms with Gasteiger partial charge in [-0.1, -0.05) is 32.0 Å². The predicted molar refractivity (Wildman–Crippen MR) is 159 cm³/mol. The fourth-order valence-corrected chi connectivity index (χ4v) is 6.29. The molecular weight excluding hydrogens is 607 g/mol. The van der Waals surface area contributed by atoms with Gasteiger partial charge in [-0.3, -0.25) is 14.1 Å². The van der Waals surface area contributed by atoms with Crippen molar-refractivity contribution in [3.8, 4) is 11.8 Å². The van der Waals surface area contributed by atoms with E-state index in [9.17, 15) is 24.5 Å². The van der Waals surface area contributed by atoms with Crippen molar-refractivity contribution in [3.05, 3.63) is 54.5 Å². The second-order valence-corrected chi connectivity index (χ2v) is 13.0. The summed E-state index contributed by atoms with van der Waals surface area (Å²) in [6.07, 6.45) is -2.15. The van der Waals surface area contributed by atoms with Gasteiger partial charge in [-0.25, -0.2) is 14.1 Å². The molecule has 1 saturated heterocycles. The van der Waals surface area contributed by atoms with E-state index in [0.29, 0.717) is 5.52 Å². The number of aliphatic hydroxyl groups is 1. The first-order valence-corrected chi connectivity index (χ1v) is 15.8. The number of nitriles is 1. The molecular formula is C29H37N6O9P. The van der Waals surface area contributed by atoms with Crippen molar-refractivity contribution in [2.75, 3.05) is 12.3 Å². The summed E-state index contributed by atoms with van der Waals surface area (Å²) < 4.78 is 44.0.